The Hall–Kier alpha value is -3.51. The molecule has 2 aliphatic heterocycles. The number of rotatable bonds is 3. The lowest BCUT2D eigenvalue weighted by molar-refractivity contribution is -0.126. The number of amides is 2. The summed E-state index contributed by atoms with van der Waals surface area (Å²) in [5, 5.41) is 1.62. The average molecular weight is 388 g/mol. The number of carbonyl (C=O) groups is 2. The smallest absolute Gasteiger partial charge is 0.266 e. The van der Waals surface area contributed by atoms with Crippen LogP contribution in [0.1, 0.15) is 11.6 Å². The largest absolute Gasteiger partial charge is 0.273 e. The maximum absolute atomic E-state index is 14.3. The molecule has 6 heteroatoms. The van der Waals surface area contributed by atoms with Crippen molar-refractivity contribution in [2.75, 3.05) is 9.96 Å². The third kappa shape index (κ3) is 2.72. The number of hydroxylamine groups is 1. The predicted octanol–water partition coefficient (Wildman–Crippen LogP) is 3.88. The minimum absolute atomic E-state index is 0.0430. The first kappa shape index (κ1) is 17.6. The van der Waals surface area contributed by atoms with Crippen LogP contribution in [0.25, 0.3) is 0 Å². The number of nitrogens with zero attached hydrogens (tertiary/aromatic N) is 2. The summed E-state index contributed by atoms with van der Waals surface area (Å²) in [5.74, 6) is -2.41. The Balaban J connectivity index is 1.60. The molecule has 2 fully saturated rings. The Bertz CT molecular complexity index is 1070. The quantitative estimate of drug-likeness (QED) is 0.639. The number of hydrogen-bond donors (Lipinski definition) is 0. The van der Waals surface area contributed by atoms with E-state index in [1.807, 2.05) is 60.7 Å². The van der Waals surface area contributed by atoms with Crippen LogP contribution in [0.2, 0.25) is 0 Å². The lowest BCUT2D eigenvalue weighted by Gasteiger charge is -2.28. The highest BCUT2D eigenvalue weighted by atomic mass is 19.1. The van der Waals surface area contributed by atoms with Crippen molar-refractivity contribution in [3.8, 4) is 0 Å². The molecule has 0 aliphatic carbocycles. The lowest BCUT2D eigenvalue weighted by Crippen LogP contribution is -2.37. The van der Waals surface area contributed by atoms with Crippen LogP contribution in [0.5, 0.6) is 0 Å². The van der Waals surface area contributed by atoms with Gasteiger partial charge in [0.1, 0.15) is 11.7 Å². The summed E-state index contributed by atoms with van der Waals surface area (Å²) in [6.45, 7) is 0. The van der Waals surface area contributed by atoms with Gasteiger partial charge in [-0.05, 0) is 29.8 Å². The van der Waals surface area contributed by atoms with Gasteiger partial charge in [-0.2, -0.15) is 0 Å². The lowest BCUT2D eigenvalue weighted by atomic mass is 9.90. The molecule has 29 heavy (non-hydrogen) atoms. The summed E-state index contributed by atoms with van der Waals surface area (Å²) in [7, 11) is 0. The first-order valence-electron chi connectivity index (χ1n) is 9.35. The fourth-order valence-electron chi connectivity index (χ4n) is 4.07. The zero-order valence-electron chi connectivity index (χ0n) is 15.3. The Morgan fingerprint density at radius 2 is 1.38 bits per heavy atom. The third-order valence-electron chi connectivity index (χ3n) is 5.36. The van der Waals surface area contributed by atoms with Crippen molar-refractivity contribution in [1.82, 2.24) is 0 Å². The van der Waals surface area contributed by atoms with Gasteiger partial charge in [0.25, 0.3) is 5.91 Å². The van der Waals surface area contributed by atoms with Gasteiger partial charge in [-0.1, -0.05) is 60.7 Å². The monoisotopic (exact) mass is 388 g/mol. The molecule has 0 spiro atoms. The first-order valence-corrected chi connectivity index (χ1v) is 9.35. The molecular weight excluding hydrogens is 371 g/mol. The van der Waals surface area contributed by atoms with E-state index in [0.717, 1.165) is 16.2 Å². The minimum Gasteiger partial charge on any atom is -0.273 e. The van der Waals surface area contributed by atoms with Crippen molar-refractivity contribution < 1.29 is 18.8 Å². The topological polar surface area (TPSA) is 49.9 Å². The highest BCUT2D eigenvalue weighted by Crippen LogP contribution is 2.47. The molecular formula is C23H17FN2O3. The maximum Gasteiger partial charge on any atom is 0.266 e. The van der Waals surface area contributed by atoms with Crippen LogP contribution >= 0.6 is 0 Å². The molecule has 0 unspecified atom stereocenters. The number of imide groups is 1. The Morgan fingerprint density at radius 1 is 0.759 bits per heavy atom. The summed E-state index contributed by atoms with van der Waals surface area (Å²) in [6, 6.07) is 24.0. The zero-order valence-corrected chi connectivity index (χ0v) is 15.3. The zero-order chi connectivity index (χ0) is 20.0. The van der Waals surface area contributed by atoms with Crippen LogP contribution < -0.4 is 9.96 Å². The fraction of sp³-hybridized carbons (Fsp3) is 0.130. The van der Waals surface area contributed by atoms with E-state index in [2.05, 4.69) is 0 Å². The highest BCUT2D eigenvalue weighted by Gasteiger charge is 2.60. The second-order valence-electron chi connectivity index (χ2n) is 7.03. The average Bonchev–Trinajstić information content (AvgIpc) is 3.26. The number of benzene rings is 3. The molecule has 2 aliphatic rings. The molecule has 2 amide bonds. The van der Waals surface area contributed by atoms with Crippen molar-refractivity contribution in [3.63, 3.8) is 0 Å². The van der Waals surface area contributed by atoms with E-state index in [4.69, 9.17) is 4.84 Å². The van der Waals surface area contributed by atoms with Gasteiger partial charge in [-0.25, -0.2) is 14.4 Å². The van der Waals surface area contributed by atoms with E-state index < -0.39 is 35.7 Å². The highest BCUT2D eigenvalue weighted by molar-refractivity contribution is 6.24. The number of para-hydroxylation sites is 2. The van der Waals surface area contributed by atoms with Crippen LogP contribution in [0.15, 0.2) is 84.9 Å². The van der Waals surface area contributed by atoms with Gasteiger partial charge in [0.05, 0.1) is 17.4 Å². The summed E-state index contributed by atoms with van der Waals surface area (Å²) in [6.07, 6.45) is -1.01. The van der Waals surface area contributed by atoms with E-state index in [-0.39, 0.29) is 5.69 Å². The summed E-state index contributed by atoms with van der Waals surface area (Å²) >= 11 is 0. The number of fused-ring (bicyclic) bond motifs is 1. The number of carbonyl (C=O) groups excluding carboxylic acids is 2. The van der Waals surface area contributed by atoms with Gasteiger partial charge in [-0.15, -0.1) is 0 Å². The van der Waals surface area contributed by atoms with Crippen molar-refractivity contribution in [2.45, 2.75) is 12.1 Å². The predicted molar refractivity (Wildman–Crippen MR) is 105 cm³/mol. The van der Waals surface area contributed by atoms with Crippen molar-refractivity contribution in [2.24, 2.45) is 5.92 Å². The second-order valence-corrected chi connectivity index (χ2v) is 7.03. The Morgan fingerprint density at radius 3 is 2.07 bits per heavy atom. The molecule has 0 radical (unpaired) electrons. The van der Waals surface area contributed by atoms with Crippen LogP contribution in [0.3, 0.4) is 0 Å². The number of halogens is 1. The molecule has 0 N–H and O–H groups in total. The molecule has 5 rings (SSSR count). The summed E-state index contributed by atoms with van der Waals surface area (Å²) < 4.78 is 14.3. The molecule has 144 valence electrons. The van der Waals surface area contributed by atoms with Gasteiger partial charge >= 0.3 is 0 Å². The molecule has 0 bridgehead atoms. The standard InChI is InChI=1S/C23H17FN2O3/c24-17-13-7-8-14-18(17)25-22(27)19-20(15-9-3-1-4-10-15)26(29-21(19)23(25)28)16-11-5-2-6-12-16/h1-14,19-21H/t19-,20-,21+/m0/s1. The van der Waals surface area contributed by atoms with Crippen LogP contribution in [0, 0.1) is 11.7 Å². The van der Waals surface area contributed by atoms with Gasteiger partial charge in [0.15, 0.2) is 6.10 Å². The summed E-state index contributed by atoms with van der Waals surface area (Å²) in [4.78, 5) is 33.4. The molecule has 0 saturated carbocycles. The molecule has 2 saturated heterocycles. The Labute approximate surface area is 166 Å². The van der Waals surface area contributed by atoms with E-state index >= 15 is 0 Å². The van der Waals surface area contributed by atoms with Crippen molar-refractivity contribution in [3.05, 3.63) is 96.3 Å². The minimum atomic E-state index is -1.01. The molecule has 3 aromatic carbocycles. The number of hydrogen-bond acceptors (Lipinski definition) is 4. The molecule has 3 atom stereocenters. The SMILES string of the molecule is O=C1[C@@H]2[C@@H](ON(c3ccccc3)[C@H]2c2ccccc2)C(=O)N1c1ccccc1F. The molecule has 0 aromatic heterocycles. The normalized spacial score (nSPS) is 23.6. The number of anilines is 2. The van der Waals surface area contributed by atoms with E-state index in [0.29, 0.717) is 0 Å². The van der Waals surface area contributed by atoms with Gasteiger partial charge in [0.2, 0.25) is 5.91 Å². The van der Waals surface area contributed by atoms with Gasteiger partial charge in [-0.3, -0.25) is 14.4 Å². The Kier molecular flexibility index (Phi) is 4.14. The van der Waals surface area contributed by atoms with Crippen LogP contribution in [0.4, 0.5) is 15.8 Å². The van der Waals surface area contributed by atoms with E-state index in [9.17, 15) is 14.0 Å². The van der Waals surface area contributed by atoms with Gasteiger partial charge < -0.3 is 0 Å². The van der Waals surface area contributed by atoms with Crippen molar-refractivity contribution in [1.29, 1.82) is 0 Å². The van der Waals surface area contributed by atoms with Crippen LogP contribution in [-0.4, -0.2) is 17.9 Å². The van der Waals surface area contributed by atoms with Gasteiger partial charge in [0, 0.05) is 0 Å². The van der Waals surface area contributed by atoms with Crippen molar-refractivity contribution >= 4 is 23.2 Å². The van der Waals surface area contributed by atoms with E-state index in [1.165, 1.54) is 18.2 Å². The summed E-state index contributed by atoms with van der Waals surface area (Å²) in [5.41, 5.74) is 1.55. The maximum atomic E-state index is 14.3. The first-order chi connectivity index (χ1) is 14.2. The molecule has 2 heterocycles. The molecule has 3 aromatic rings. The molecule has 5 nitrogen and oxygen atoms in total. The fourth-order valence-corrected chi connectivity index (χ4v) is 4.07. The third-order valence-corrected chi connectivity index (χ3v) is 5.36. The van der Waals surface area contributed by atoms with E-state index in [1.54, 1.807) is 11.1 Å². The van der Waals surface area contributed by atoms with Crippen LogP contribution in [-0.2, 0) is 14.4 Å². The second kappa shape index (κ2) is 6.83.